The zero-order valence-corrected chi connectivity index (χ0v) is 15.6. The lowest BCUT2D eigenvalue weighted by Crippen LogP contribution is -2.04. The van der Waals surface area contributed by atoms with Crippen LogP contribution in [-0.4, -0.2) is 10.8 Å². The number of carbonyl (C=O) groups is 1. The second-order valence-corrected chi connectivity index (χ2v) is 6.87. The average molecular weight is 338 g/mol. The molecule has 0 amide bonds. The minimum Gasteiger partial charge on any atom is -0.294 e. The van der Waals surface area contributed by atoms with Gasteiger partial charge in [0.15, 0.2) is 5.78 Å². The molecular weight excluding hydrogens is 306 g/mol. The number of hydrogen-bond acceptors (Lipinski definition) is 2. The Morgan fingerprint density at radius 3 is 2.00 bits per heavy atom. The van der Waals surface area contributed by atoms with Gasteiger partial charge in [-0.25, -0.2) is 0 Å². The summed E-state index contributed by atoms with van der Waals surface area (Å²) in [6.07, 6.45) is 16.5. The van der Waals surface area contributed by atoms with Crippen LogP contribution in [0.2, 0.25) is 5.02 Å². The molecule has 1 rings (SSSR count). The molecule has 1 aromatic rings. The van der Waals surface area contributed by atoms with Crippen LogP contribution in [0.15, 0.2) is 12.3 Å². The van der Waals surface area contributed by atoms with Crippen molar-refractivity contribution in [3.05, 3.63) is 28.5 Å². The summed E-state index contributed by atoms with van der Waals surface area (Å²) in [6, 6.07) is 1.70. The van der Waals surface area contributed by atoms with E-state index < -0.39 is 0 Å². The maximum absolute atomic E-state index is 12.2. The van der Waals surface area contributed by atoms with Crippen LogP contribution in [0.25, 0.3) is 0 Å². The highest BCUT2D eigenvalue weighted by Gasteiger charge is 2.13. The zero-order valence-electron chi connectivity index (χ0n) is 14.9. The van der Waals surface area contributed by atoms with Gasteiger partial charge in [-0.3, -0.25) is 9.78 Å². The number of ketones is 1. The van der Waals surface area contributed by atoms with E-state index in [0.717, 1.165) is 18.5 Å². The van der Waals surface area contributed by atoms with Crippen molar-refractivity contribution in [1.82, 2.24) is 4.98 Å². The molecule has 0 aromatic carbocycles. The molecule has 0 saturated heterocycles. The Labute approximate surface area is 147 Å². The highest BCUT2D eigenvalue weighted by Crippen LogP contribution is 2.20. The number of hydrogen-bond donors (Lipinski definition) is 0. The van der Waals surface area contributed by atoms with Crippen LogP contribution in [0, 0.1) is 6.92 Å². The fourth-order valence-electron chi connectivity index (χ4n) is 2.94. The lowest BCUT2D eigenvalue weighted by atomic mass is 10.0. The maximum atomic E-state index is 12.2. The number of rotatable bonds is 13. The molecule has 0 spiro atoms. The summed E-state index contributed by atoms with van der Waals surface area (Å²) in [5, 5.41) is 0.533. The molecule has 0 saturated carbocycles. The fraction of sp³-hybridized carbons (Fsp3) is 0.700. The van der Waals surface area contributed by atoms with E-state index in [2.05, 4.69) is 11.9 Å². The Morgan fingerprint density at radius 2 is 1.48 bits per heavy atom. The summed E-state index contributed by atoms with van der Waals surface area (Å²) in [5.41, 5.74) is 1.35. The van der Waals surface area contributed by atoms with E-state index in [1.807, 2.05) is 6.92 Å². The van der Waals surface area contributed by atoms with Crippen LogP contribution in [0.4, 0.5) is 0 Å². The molecule has 0 radical (unpaired) electrons. The monoisotopic (exact) mass is 337 g/mol. The van der Waals surface area contributed by atoms with Gasteiger partial charge in [-0.15, -0.1) is 0 Å². The smallest absolute Gasteiger partial charge is 0.166 e. The first-order chi connectivity index (χ1) is 11.2. The second-order valence-electron chi connectivity index (χ2n) is 6.46. The Morgan fingerprint density at radius 1 is 0.957 bits per heavy atom. The first kappa shape index (κ1) is 20.2. The highest BCUT2D eigenvalue weighted by molar-refractivity contribution is 6.34. The third kappa shape index (κ3) is 8.50. The molecule has 0 bridgehead atoms. The summed E-state index contributed by atoms with van der Waals surface area (Å²) in [6.45, 7) is 4.11. The molecular formula is C20H32ClNO. The summed E-state index contributed by atoms with van der Waals surface area (Å²) in [7, 11) is 0. The minimum atomic E-state index is 0.136. The molecule has 2 nitrogen and oxygen atoms in total. The van der Waals surface area contributed by atoms with Gasteiger partial charge in [0.05, 0.1) is 10.6 Å². The molecule has 3 heteroatoms. The lowest BCUT2D eigenvalue weighted by molar-refractivity contribution is 0.0978. The molecule has 0 aliphatic carbocycles. The number of aryl methyl sites for hydroxylation is 1. The first-order valence-electron chi connectivity index (χ1n) is 9.31. The van der Waals surface area contributed by atoms with E-state index in [4.69, 9.17) is 11.6 Å². The van der Waals surface area contributed by atoms with Crippen molar-refractivity contribution >= 4 is 17.4 Å². The van der Waals surface area contributed by atoms with Crippen molar-refractivity contribution in [3.63, 3.8) is 0 Å². The average Bonchev–Trinajstić information content (AvgIpc) is 2.52. The van der Waals surface area contributed by atoms with Crippen molar-refractivity contribution in [1.29, 1.82) is 0 Å². The Hall–Kier alpha value is -0.890. The quantitative estimate of drug-likeness (QED) is 0.288. The summed E-state index contributed by atoms with van der Waals surface area (Å²) in [5.74, 6) is 0.136. The van der Waals surface area contributed by atoms with Gasteiger partial charge < -0.3 is 0 Å². The largest absolute Gasteiger partial charge is 0.294 e. The van der Waals surface area contributed by atoms with Gasteiger partial charge in [0.2, 0.25) is 0 Å². The third-order valence-corrected chi connectivity index (χ3v) is 4.69. The van der Waals surface area contributed by atoms with Crippen LogP contribution >= 0.6 is 11.6 Å². The zero-order chi connectivity index (χ0) is 16.9. The molecule has 0 N–H and O–H groups in total. The highest BCUT2D eigenvalue weighted by atomic mass is 35.5. The summed E-state index contributed by atoms with van der Waals surface area (Å²) >= 11 is 6.11. The van der Waals surface area contributed by atoms with Gasteiger partial charge in [0.25, 0.3) is 0 Å². The van der Waals surface area contributed by atoms with Crippen molar-refractivity contribution in [3.8, 4) is 0 Å². The molecule has 23 heavy (non-hydrogen) atoms. The number of halogens is 1. The van der Waals surface area contributed by atoms with E-state index in [1.54, 1.807) is 12.3 Å². The number of carbonyl (C=O) groups excluding carboxylic acids is 1. The predicted molar refractivity (Wildman–Crippen MR) is 99.4 cm³/mol. The van der Waals surface area contributed by atoms with Crippen molar-refractivity contribution < 1.29 is 4.79 Å². The summed E-state index contributed by atoms with van der Waals surface area (Å²) in [4.78, 5) is 16.4. The number of aromatic nitrogens is 1. The SMILES string of the molecule is CCCCCCCCCCCCCC(=O)c1c(Cl)ccnc1C. The molecule has 130 valence electrons. The lowest BCUT2D eigenvalue weighted by Gasteiger charge is -2.06. The number of Topliss-reactive ketones (excluding diaryl/α,β-unsaturated/α-hetero) is 1. The van der Waals surface area contributed by atoms with Crippen LogP contribution in [-0.2, 0) is 0 Å². The van der Waals surface area contributed by atoms with Crippen LogP contribution in [0.5, 0.6) is 0 Å². The van der Waals surface area contributed by atoms with Crippen LogP contribution in [0.3, 0.4) is 0 Å². The van der Waals surface area contributed by atoms with Gasteiger partial charge >= 0.3 is 0 Å². The van der Waals surface area contributed by atoms with Gasteiger partial charge in [0, 0.05) is 18.3 Å². The van der Waals surface area contributed by atoms with E-state index in [-0.39, 0.29) is 5.78 Å². The van der Waals surface area contributed by atoms with Crippen molar-refractivity contribution in [2.24, 2.45) is 0 Å². The van der Waals surface area contributed by atoms with Crippen LogP contribution in [0.1, 0.15) is 100 Å². The molecule has 0 aliphatic rings. The van der Waals surface area contributed by atoms with Gasteiger partial charge in [-0.05, 0) is 19.4 Å². The molecule has 0 aliphatic heterocycles. The minimum absolute atomic E-state index is 0.136. The van der Waals surface area contributed by atoms with Gasteiger partial charge in [-0.2, -0.15) is 0 Å². The van der Waals surface area contributed by atoms with Crippen molar-refractivity contribution in [2.75, 3.05) is 0 Å². The summed E-state index contributed by atoms with van der Waals surface area (Å²) < 4.78 is 0. The van der Waals surface area contributed by atoms with E-state index >= 15 is 0 Å². The molecule has 1 heterocycles. The molecule has 0 atom stereocenters. The van der Waals surface area contributed by atoms with Crippen molar-refractivity contribution in [2.45, 2.75) is 90.9 Å². The molecule has 0 unspecified atom stereocenters. The van der Waals surface area contributed by atoms with E-state index in [1.165, 1.54) is 57.8 Å². The topological polar surface area (TPSA) is 30.0 Å². The number of unbranched alkanes of at least 4 members (excludes halogenated alkanes) is 10. The normalized spacial score (nSPS) is 10.9. The molecule has 0 fully saturated rings. The number of pyridine rings is 1. The van der Waals surface area contributed by atoms with Crippen LogP contribution < -0.4 is 0 Å². The predicted octanol–water partition coefficient (Wildman–Crippen LogP) is 6.93. The van der Waals surface area contributed by atoms with E-state index in [0.29, 0.717) is 17.0 Å². The number of nitrogens with zero attached hydrogens (tertiary/aromatic N) is 1. The second kappa shape index (κ2) is 12.5. The molecule has 1 aromatic heterocycles. The van der Waals surface area contributed by atoms with E-state index in [9.17, 15) is 4.79 Å². The fourth-order valence-corrected chi connectivity index (χ4v) is 3.24. The first-order valence-corrected chi connectivity index (χ1v) is 9.69. The Kier molecular flexibility index (Phi) is 11.0. The third-order valence-electron chi connectivity index (χ3n) is 4.38. The maximum Gasteiger partial charge on any atom is 0.166 e. The van der Waals surface area contributed by atoms with Gasteiger partial charge in [-0.1, -0.05) is 82.7 Å². The Bertz CT molecular complexity index is 439. The Balaban J connectivity index is 2.04. The standard InChI is InChI=1S/C20H32ClNO/c1-3-4-5-6-7-8-9-10-11-12-13-14-19(23)20-17(2)22-16-15-18(20)21/h15-16H,3-14H2,1-2H3. The van der Waals surface area contributed by atoms with Gasteiger partial charge in [0.1, 0.15) is 0 Å².